The van der Waals surface area contributed by atoms with E-state index in [0.717, 1.165) is 19.4 Å². The molecule has 5 heteroatoms. The third-order valence-corrected chi connectivity index (χ3v) is 3.00. The van der Waals surface area contributed by atoms with E-state index in [1.807, 2.05) is 0 Å². The third kappa shape index (κ3) is 3.17. The fourth-order valence-electron chi connectivity index (χ4n) is 2.03. The molecule has 2 N–H and O–H groups in total. The second kappa shape index (κ2) is 6.11. The predicted octanol–water partition coefficient (Wildman–Crippen LogP) is 2.37. The molecule has 0 aliphatic carbocycles. The molecule has 0 aromatic heterocycles. The maximum absolute atomic E-state index is 13.5. The quantitative estimate of drug-likeness (QED) is 0.880. The minimum Gasteiger partial charge on any atom is -0.488 e. The first-order valence-electron chi connectivity index (χ1n) is 6.13. The SMILES string of the molecule is NCc1cc(F)c(OCCC2CCCO2)c(F)c1. The minimum absolute atomic E-state index is 0.101. The summed E-state index contributed by atoms with van der Waals surface area (Å²) in [6.07, 6.45) is 2.83. The smallest absolute Gasteiger partial charge is 0.190 e. The lowest BCUT2D eigenvalue weighted by Gasteiger charge is -2.12. The summed E-state index contributed by atoms with van der Waals surface area (Å²) >= 11 is 0. The van der Waals surface area contributed by atoms with E-state index in [1.165, 1.54) is 12.1 Å². The van der Waals surface area contributed by atoms with Gasteiger partial charge in [-0.25, -0.2) is 8.78 Å². The van der Waals surface area contributed by atoms with E-state index in [2.05, 4.69) is 0 Å². The van der Waals surface area contributed by atoms with Gasteiger partial charge in [-0.1, -0.05) is 0 Å². The van der Waals surface area contributed by atoms with Gasteiger partial charge in [-0.05, 0) is 30.5 Å². The van der Waals surface area contributed by atoms with Gasteiger partial charge in [0.05, 0.1) is 12.7 Å². The van der Waals surface area contributed by atoms with Crippen molar-refractivity contribution in [3.05, 3.63) is 29.3 Å². The molecule has 0 saturated carbocycles. The number of nitrogens with two attached hydrogens (primary N) is 1. The van der Waals surface area contributed by atoms with Crippen molar-refractivity contribution in [2.75, 3.05) is 13.2 Å². The van der Waals surface area contributed by atoms with Crippen LogP contribution in [0.15, 0.2) is 12.1 Å². The topological polar surface area (TPSA) is 44.5 Å². The fourth-order valence-corrected chi connectivity index (χ4v) is 2.03. The zero-order valence-electron chi connectivity index (χ0n) is 10.1. The van der Waals surface area contributed by atoms with Crippen molar-refractivity contribution >= 4 is 0 Å². The lowest BCUT2D eigenvalue weighted by Crippen LogP contribution is -2.12. The van der Waals surface area contributed by atoms with Crippen molar-refractivity contribution in [3.63, 3.8) is 0 Å². The summed E-state index contributed by atoms with van der Waals surface area (Å²) in [5, 5.41) is 0. The molecule has 0 radical (unpaired) electrons. The molecule has 1 atom stereocenters. The van der Waals surface area contributed by atoms with Crippen LogP contribution in [0.4, 0.5) is 8.78 Å². The van der Waals surface area contributed by atoms with Crippen LogP contribution in [0.1, 0.15) is 24.8 Å². The van der Waals surface area contributed by atoms with Crippen molar-refractivity contribution < 1.29 is 18.3 Å². The van der Waals surface area contributed by atoms with Gasteiger partial charge in [-0.3, -0.25) is 0 Å². The predicted molar refractivity (Wildman–Crippen MR) is 63.3 cm³/mol. The van der Waals surface area contributed by atoms with Gasteiger partial charge < -0.3 is 15.2 Å². The molecule has 3 nitrogen and oxygen atoms in total. The summed E-state index contributed by atoms with van der Waals surface area (Å²) in [6.45, 7) is 1.11. The molecule has 0 amide bonds. The Balaban J connectivity index is 1.92. The van der Waals surface area contributed by atoms with Gasteiger partial charge in [0.2, 0.25) is 0 Å². The van der Waals surface area contributed by atoms with Crippen LogP contribution < -0.4 is 10.5 Å². The first-order valence-corrected chi connectivity index (χ1v) is 6.13. The van der Waals surface area contributed by atoms with Crippen LogP contribution in [0.2, 0.25) is 0 Å². The second-order valence-corrected chi connectivity index (χ2v) is 4.36. The number of benzene rings is 1. The molecule has 1 aliphatic heterocycles. The number of halogens is 2. The average Bonchev–Trinajstić information content (AvgIpc) is 2.85. The number of hydrogen-bond acceptors (Lipinski definition) is 3. The summed E-state index contributed by atoms with van der Waals surface area (Å²) in [6, 6.07) is 2.40. The maximum atomic E-state index is 13.5. The van der Waals surface area contributed by atoms with Crippen molar-refractivity contribution in [3.8, 4) is 5.75 Å². The first kappa shape index (κ1) is 13.2. The zero-order chi connectivity index (χ0) is 13.0. The Labute approximate surface area is 105 Å². The highest BCUT2D eigenvalue weighted by molar-refractivity contribution is 5.31. The van der Waals surface area contributed by atoms with E-state index in [0.29, 0.717) is 12.0 Å². The molecule has 0 spiro atoms. The van der Waals surface area contributed by atoms with E-state index in [-0.39, 0.29) is 25.0 Å². The van der Waals surface area contributed by atoms with Gasteiger partial charge in [0.15, 0.2) is 17.4 Å². The summed E-state index contributed by atoms with van der Waals surface area (Å²) in [5.74, 6) is -1.74. The van der Waals surface area contributed by atoms with Crippen LogP contribution in [0.3, 0.4) is 0 Å². The van der Waals surface area contributed by atoms with Crippen LogP contribution >= 0.6 is 0 Å². The van der Waals surface area contributed by atoms with Crippen molar-refractivity contribution in [2.24, 2.45) is 5.73 Å². The van der Waals surface area contributed by atoms with E-state index >= 15 is 0 Å². The normalized spacial score (nSPS) is 19.2. The van der Waals surface area contributed by atoms with E-state index < -0.39 is 11.6 Å². The standard InChI is InChI=1S/C13H17F2NO2/c14-11-6-9(8-16)7-12(15)13(11)18-5-3-10-2-1-4-17-10/h6-7,10H,1-5,8,16H2. The molecule has 1 aromatic carbocycles. The minimum atomic E-state index is -0.706. The Morgan fingerprint density at radius 2 is 2.06 bits per heavy atom. The average molecular weight is 257 g/mol. The van der Waals surface area contributed by atoms with Crippen LogP contribution in [0, 0.1) is 11.6 Å². The molecule has 1 heterocycles. The molecule has 18 heavy (non-hydrogen) atoms. The van der Waals surface area contributed by atoms with Gasteiger partial charge in [0, 0.05) is 19.6 Å². The number of hydrogen-bond donors (Lipinski definition) is 1. The Bertz CT molecular complexity index is 383. The molecule has 1 unspecified atom stereocenters. The fraction of sp³-hybridized carbons (Fsp3) is 0.538. The zero-order valence-corrected chi connectivity index (χ0v) is 10.1. The largest absolute Gasteiger partial charge is 0.488 e. The Hall–Kier alpha value is -1.20. The van der Waals surface area contributed by atoms with Gasteiger partial charge in [-0.2, -0.15) is 0 Å². The van der Waals surface area contributed by atoms with E-state index in [9.17, 15) is 8.78 Å². The highest BCUT2D eigenvalue weighted by Gasteiger charge is 2.17. The summed E-state index contributed by atoms with van der Waals surface area (Å²) in [7, 11) is 0. The molecule has 1 aromatic rings. The molecule has 1 aliphatic rings. The molecule has 1 fully saturated rings. The van der Waals surface area contributed by atoms with Crippen LogP contribution in [0.5, 0.6) is 5.75 Å². The van der Waals surface area contributed by atoms with Gasteiger partial charge in [0.25, 0.3) is 0 Å². The highest BCUT2D eigenvalue weighted by atomic mass is 19.1. The molecule has 100 valence electrons. The summed E-state index contributed by atoms with van der Waals surface area (Å²) in [5.41, 5.74) is 5.74. The van der Waals surface area contributed by atoms with Crippen LogP contribution in [0.25, 0.3) is 0 Å². The monoisotopic (exact) mass is 257 g/mol. The number of rotatable bonds is 5. The molecule has 1 saturated heterocycles. The van der Waals surface area contributed by atoms with E-state index in [4.69, 9.17) is 15.2 Å². The first-order chi connectivity index (χ1) is 8.70. The van der Waals surface area contributed by atoms with Gasteiger partial charge in [0.1, 0.15) is 0 Å². The molecule has 2 rings (SSSR count). The summed E-state index contributed by atoms with van der Waals surface area (Å²) < 4.78 is 37.7. The van der Waals surface area contributed by atoms with Crippen molar-refractivity contribution in [1.82, 2.24) is 0 Å². The van der Waals surface area contributed by atoms with Crippen LogP contribution in [-0.4, -0.2) is 19.3 Å². The molecular weight excluding hydrogens is 240 g/mol. The number of ether oxygens (including phenoxy) is 2. The van der Waals surface area contributed by atoms with Gasteiger partial charge in [-0.15, -0.1) is 0 Å². The Kier molecular flexibility index (Phi) is 4.49. The Morgan fingerprint density at radius 3 is 2.61 bits per heavy atom. The molecule has 0 bridgehead atoms. The van der Waals surface area contributed by atoms with Gasteiger partial charge >= 0.3 is 0 Å². The second-order valence-electron chi connectivity index (χ2n) is 4.36. The maximum Gasteiger partial charge on any atom is 0.190 e. The highest BCUT2D eigenvalue weighted by Crippen LogP contribution is 2.24. The van der Waals surface area contributed by atoms with Crippen molar-refractivity contribution in [1.29, 1.82) is 0 Å². The van der Waals surface area contributed by atoms with Crippen LogP contribution in [-0.2, 0) is 11.3 Å². The van der Waals surface area contributed by atoms with E-state index in [1.54, 1.807) is 0 Å². The lowest BCUT2D eigenvalue weighted by molar-refractivity contribution is 0.0890. The van der Waals surface area contributed by atoms with Crippen molar-refractivity contribution in [2.45, 2.75) is 31.9 Å². The summed E-state index contributed by atoms with van der Waals surface area (Å²) in [4.78, 5) is 0. The Morgan fingerprint density at radius 1 is 1.33 bits per heavy atom. The third-order valence-electron chi connectivity index (χ3n) is 3.00. The lowest BCUT2D eigenvalue weighted by atomic mass is 10.2. The molecular formula is C13H17F2NO2.